The fourth-order valence-electron chi connectivity index (χ4n) is 2.07. The van der Waals surface area contributed by atoms with Gasteiger partial charge in [-0.15, -0.1) is 0 Å². The lowest BCUT2D eigenvalue weighted by atomic mass is 10.0. The van der Waals surface area contributed by atoms with E-state index in [1.165, 1.54) is 17.5 Å². The predicted octanol–water partition coefficient (Wildman–Crippen LogP) is 2.97. The van der Waals surface area contributed by atoms with Gasteiger partial charge in [-0.25, -0.2) is 0 Å². The maximum atomic E-state index is 5.92. The summed E-state index contributed by atoms with van der Waals surface area (Å²) in [6, 6.07) is 9.00. The smallest absolute Gasteiger partial charge is 0.0467 e. The summed E-state index contributed by atoms with van der Waals surface area (Å²) in [6.07, 6.45) is 1.22. The topological polar surface area (TPSA) is 29.3 Å². The fourth-order valence-corrected chi connectivity index (χ4v) is 2.07. The van der Waals surface area contributed by atoms with Crippen molar-refractivity contribution in [2.75, 3.05) is 20.1 Å². The van der Waals surface area contributed by atoms with Crippen molar-refractivity contribution in [2.24, 2.45) is 11.7 Å². The molecular weight excluding hydrogens is 208 g/mol. The Kier molecular flexibility index (Phi) is 5.66. The molecule has 0 spiro atoms. The van der Waals surface area contributed by atoms with Gasteiger partial charge in [-0.3, -0.25) is 4.90 Å². The highest BCUT2D eigenvalue weighted by Gasteiger charge is 2.15. The third-order valence-corrected chi connectivity index (χ3v) is 3.24. The third-order valence-electron chi connectivity index (χ3n) is 3.24. The number of nitrogens with two attached hydrogens (primary N) is 1. The van der Waals surface area contributed by atoms with Gasteiger partial charge in [0.2, 0.25) is 0 Å². The third kappa shape index (κ3) is 4.49. The molecule has 0 bridgehead atoms. The zero-order chi connectivity index (χ0) is 12.8. The summed E-state index contributed by atoms with van der Waals surface area (Å²) in [4.78, 5) is 2.37. The number of hydrogen-bond donors (Lipinski definition) is 1. The van der Waals surface area contributed by atoms with Crippen LogP contribution in [0.1, 0.15) is 37.4 Å². The Hall–Kier alpha value is -0.860. The van der Waals surface area contributed by atoms with Gasteiger partial charge in [0.25, 0.3) is 0 Å². The lowest BCUT2D eigenvalue weighted by Crippen LogP contribution is -2.31. The molecule has 0 aromatic heterocycles. The van der Waals surface area contributed by atoms with Gasteiger partial charge in [0.1, 0.15) is 0 Å². The van der Waals surface area contributed by atoms with Gasteiger partial charge in [0.05, 0.1) is 0 Å². The molecule has 1 rings (SSSR count). The second-order valence-corrected chi connectivity index (χ2v) is 5.33. The molecule has 0 saturated heterocycles. The van der Waals surface area contributed by atoms with Crippen LogP contribution in [0, 0.1) is 12.8 Å². The molecule has 0 aliphatic heterocycles. The van der Waals surface area contributed by atoms with Crippen LogP contribution in [0.15, 0.2) is 24.3 Å². The van der Waals surface area contributed by atoms with Gasteiger partial charge < -0.3 is 5.73 Å². The van der Waals surface area contributed by atoms with Gasteiger partial charge in [0.15, 0.2) is 0 Å². The normalized spacial score (nSPS) is 13.4. The van der Waals surface area contributed by atoms with Gasteiger partial charge in [-0.1, -0.05) is 43.7 Å². The quantitative estimate of drug-likeness (QED) is 0.820. The highest BCUT2D eigenvalue weighted by molar-refractivity contribution is 5.25. The van der Waals surface area contributed by atoms with Crippen LogP contribution in [-0.4, -0.2) is 25.0 Å². The molecule has 2 heteroatoms. The number of benzene rings is 1. The Morgan fingerprint density at radius 2 is 2.00 bits per heavy atom. The molecule has 2 N–H and O–H groups in total. The van der Waals surface area contributed by atoms with Crippen LogP contribution < -0.4 is 5.73 Å². The Morgan fingerprint density at radius 3 is 2.53 bits per heavy atom. The van der Waals surface area contributed by atoms with Crippen molar-refractivity contribution in [1.82, 2.24) is 4.90 Å². The Morgan fingerprint density at radius 1 is 1.29 bits per heavy atom. The molecule has 0 saturated carbocycles. The molecule has 17 heavy (non-hydrogen) atoms. The van der Waals surface area contributed by atoms with Gasteiger partial charge in [0, 0.05) is 12.6 Å². The maximum absolute atomic E-state index is 5.92. The molecule has 0 fully saturated rings. The standard InChI is InChI=1S/C15H26N2/c1-12(2)8-9-17(4)15(11-16)14-7-5-6-13(3)10-14/h5-7,10,12,15H,8-9,11,16H2,1-4H3. The Labute approximate surface area is 106 Å². The van der Waals surface area contributed by atoms with Crippen molar-refractivity contribution in [1.29, 1.82) is 0 Å². The molecule has 0 amide bonds. The average Bonchev–Trinajstić information content (AvgIpc) is 2.27. The van der Waals surface area contributed by atoms with E-state index < -0.39 is 0 Å². The van der Waals surface area contributed by atoms with Crippen LogP contribution in [0.25, 0.3) is 0 Å². The molecule has 2 nitrogen and oxygen atoms in total. The van der Waals surface area contributed by atoms with Crippen molar-refractivity contribution in [2.45, 2.75) is 33.2 Å². The van der Waals surface area contributed by atoms with Crippen LogP contribution in [-0.2, 0) is 0 Å². The van der Waals surface area contributed by atoms with Gasteiger partial charge in [-0.05, 0) is 38.4 Å². The first-order valence-corrected chi connectivity index (χ1v) is 6.51. The summed E-state index contributed by atoms with van der Waals surface area (Å²) in [5, 5.41) is 0. The largest absolute Gasteiger partial charge is 0.329 e. The molecule has 0 heterocycles. The van der Waals surface area contributed by atoms with Gasteiger partial charge in [-0.2, -0.15) is 0 Å². The van der Waals surface area contributed by atoms with E-state index in [4.69, 9.17) is 5.73 Å². The van der Waals surface area contributed by atoms with Crippen LogP contribution in [0.3, 0.4) is 0 Å². The van der Waals surface area contributed by atoms with Crippen molar-refractivity contribution in [3.05, 3.63) is 35.4 Å². The first kappa shape index (κ1) is 14.2. The van der Waals surface area contributed by atoms with Crippen LogP contribution >= 0.6 is 0 Å². The summed E-state index contributed by atoms with van der Waals surface area (Å²) in [5.74, 6) is 0.744. The first-order valence-electron chi connectivity index (χ1n) is 6.51. The van der Waals surface area contributed by atoms with Crippen LogP contribution in [0.4, 0.5) is 0 Å². The van der Waals surface area contributed by atoms with Gasteiger partial charge >= 0.3 is 0 Å². The van der Waals surface area contributed by atoms with E-state index in [-0.39, 0.29) is 0 Å². The second-order valence-electron chi connectivity index (χ2n) is 5.33. The average molecular weight is 234 g/mol. The monoisotopic (exact) mass is 234 g/mol. The van der Waals surface area contributed by atoms with Crippen molar-refractivity contribution < 1.29 is 0 Å². The summed E-state index contributed by atoms with van der Waals surface area (Å²) >= 11 is 0. The summed E-state index contributed by atoms with van der Waals surface area (Å²) in [6.45, 7) is 8.44. The zero-order valence-corrected chi connectivity index (χ0v) is 11.6. The molecular formula is C15H26N2. The van der Waals surface area contributed by atoms with E-state index in [0.717, 1.165) is 12.5 Å². The Bertz CT molecular complexity index is 333. The molecule has 96 valence electrons. The molecule has 0 radical (unpaired) electrons. The number of hydrogen-bond acceptors (Lipinski definition) is 2. The predicted molar refractivity (Wildman–Crippen MR) is 75.1 cm³/mol. The number of aryl methyl sites for hydroxylation is 1. The minimum absolute atomic E-state index is 0.341. The highest BCUT2D eigenvalue weighted by Crippen LogP contribution is 2.20. The molecule has 0 aliphatic rings. The second kappa shape index (κ2) is 6.77. The first-order chi connectivity index (χ1) is 8.04. The van der Waals surface area contributed by atoms with Crippen LogP contribution in [0.2, 0.25) is 0 Å². The van der Waals surface area contributed by atoms with Crippen molar-refractivity contribution >= 4 is 0 Å². The number of nitrogens with zero attached hydrogens (tertiary/aromatic N) is 1. The molecule has 1 aromatic rings. The summed E-state index contributed by atoms with van der Waals surface area (Å²) in [7, 11) is 2.17. The summed E-state index contributed by atoms with van der Waals surface area (Å²) < 4.78 is 0. The van der Waals surface area contributed by atoms with E-state index in [0.29, 0.717) is 12.6 Å². The highest BCUT2D eigenvalue weighted by atomic mass is 15.1. The lowest BCUT2D eigenvalue weighted by molar-refractivity contribution is 0.236. The SMILES string of the molecule is Cc1cccc(C(CN)N(C)CCC(C)C)c1. The number of rotatable bonds is 6. The number of likely N-dealkylation sites (N-methyl/N-ethyl adjacent to an activating group) is 1. The Balaban J connectivity index is 2.70. The van der Waals surface area contributed by atoms with E-state index in [2.05, 4.69) is 57.0 Å². The van der Waals surface area contributed by atoms with E-state index in [1.54, 1.807) is 0 Å². The molecule has 1 aromatic carbocycles. The minimum atomic E-state index is 0.341. The maximum Gasteiger partial charge on any atom is 0.0467 e. The molecule has 1 unspecified atom stereocenters. The fraction of sp³-hybridized carbons (Fsp3) is 0.600. The van der Waals surface area contributed by atoms with Crippen molar-refractivity contribution in [3.63, 3.8) is 0 Å². The molecule has 0 aliphatic carbocycles. The molecule has 1 atom stereocenters. The van der Waals surface area contributed by atoms with Crippen molar-refractivity contribution in [3.8, 4) is 0 Å². The van der Waals surface area contributed by atoms with E-state index in [1.807, 2.05) is 0 Å². The lowest BCUT2D eigenvalue weighted by Gasteiger charge is -2.28. The van der Waals surface area contributed by atoms with Crippen LogP contribution in [0.5, 0.6) is 0 Å². The van der Waals surface area contributed by atoms with E-state index >= 15 is 0 Å². The zero-order valence-electron chi connectivity index (χ0n) is 11.6. The summed E-state index contributed by atoms with van der Waals surface area (Å²) in [5.41, 5.74) is 8.56. The van der Waals surface area contributed by atoms with E-state index in [9.17, 15) is 0 Å². The minimum Gasteiger partial charge on any atom is -0.329 e.